The van der Waals surface area contributed by atoms with Gasteiger partial charge >= 0.3 is 5.97 Å². The van der Waals surface area contributed by atoms with Gasteiger partial charge in [0.25, 0.3) is 0 Å². The van der Waals surface area contributed by atoms with Crippen molar-refractivity contribution < 1.29 is 9.53 Å². The summed E-state index contributed by atoms with van der Waals surface area (Å²) in [6.07, 6.45) is 10.1. The standard InChI is InChI=1S/C18H28O2/c1-6-14-12(2)10-11-13-8-7-9-15(16(13)14)20-17(19)18(3,4)5/h8,10-12,14-16H,6-7,9H2,1-5H3. The number of allylic oxidation sites excluding steroid dienone is 3. The summed E-state index contributed by atoms with van der Waals surface area (Å²) in [5.74, 6) is 1.47. The lowest BCUT2D eigenvalue weighted by molar-refractivity contribution is -0.162. The van der Waals surface area contributed by atoms with Gasteiger partial charge in [-0.2, -0.15) is 0 Å². The second-order valence-corrected chi connectivity index (χ2v) is 7.29. The molecular formula is C18H28O2. The van der Waals surface area contributed by atoms with Gasteiger partial charge in [0.05, 0.1) is 5.41 Å². The Bertz CT molecular complexity index is 425. The van der Waals surface area contributed by atoms with Gasteiger partial charge in [0.1, 0.15) is 6.10 Å². The molecule has 2 heteroatoms. The third-order valence-corrected chi connectivity index (χ3v) is 4.69. The summed E-state index contributed by atoms with van der Waals surface area (Å²) in [7, 11) is 0. The Morgan fingerprint density at radius 3 is 2.70 bits per heavy atom. The van der Waals surface area contributed by atoms with E-state index in [9.17, 15) is 4.79 Å². The molecule has 0 fully saturated rings. The molecule has 0 radical (unpaired) electrons. The Morgan fingerprint density at radius 2 is 2.10 bits per heavy atom. The van der Waals surface area contributed by atoms with Crippen LogP contribution < -0.4 is 0 Å². The van der Waals surface area contributed by atoms with Crippen molar-refractivity contribution >= 4 is 5.97 Å². The van der Waals surface area contributed by atoms with Gasteiger partial charge in [0.2, 0.25) is 0 Å². The number of esters is 1. The molecule has 0 aromatic heterocycles. The number of hydrogen-bond acceptors (Lipinski definition) is 2. The molecule has 4 unspecified atom stereocenters. The van der Waals surface area contributed by atoms with Gasteiger partial charge in [-0.1, -0.05) is 38.5 Å². The second kappa shape index (κ2) is 5.75. The predicted octanol–water partition coefficient (Wildman–Crippen LogP) is 4.51. The minimum absolute atomic E-state index is 0.0547. The molecule has 0 spiro atoms. The maximum absolute atomic E-state index is 12.2. The number of carbonyl (C=O) groups is 1. The molecule has 2 aliphatic carbocycles. The van der Waals surface area contributed by atoms with Crippen molar-refractivity contribution in [2.24, 2.45) is 23.2 Å². The number of carbonyl (C=O) groups excluding carboxylic acids is 1. The average molecular weight is 276 g/mol. The van der Waals surface area contributed by atoms with Crippen LogP contribution in [0.5, 0.6) is 0 Å². The summed E-state index contributed by atoms with van der Waals surface area (Å²) in [5.41, 5.74) is 0.965. The quantitative estimate of drug-likeness (QED) is 0.693. The van der Waals surface area contributed by atoms with Crippen molar-refractivity contribution in [3.8, 4) is 0 Å². The summed E-state index contributed by atoms with van der Waals surface area (Å²) >= 11 is 0. The van der Waals surface area contributed by atoms with E-state index in [1.807, 2.05) is 20.8 Å². The minimum Gasteiger partial charge on any atom is -0.461 e. The fourth-order valence-electron chi connectivity index (χ4n) is 3.45. The molecule has 0 aromatic carbocycles. The Hall–Kier alpha value is -1.05. The summed E-state index contributed by atoms with van der Waals surface area (Å²) in [5, 5.41) is 0. The summed E-state index contributed by atoms with van der Waals surface area (Å²) < 4.78 is 5.89. The van der Waals surface area contributed by atoms with Crippen LogP contribution in [-0.2, 0) is 9.53 Å². The molecule has 0 amide bonds. The average Bonchev–Trinajstić information content (AvgIpc) is 2.38. The van der Waals surface area contributed by atoms with E-state index in [2.05, 4.69) is 32.1 Å². The molecule has 4 atom stereocenters. The monoisotopic (exact) mass is 276 g/mol. The first kappa shape index (κ1) is 15.3. The van der Waals surface area contributed by atoms with E-state index in [4.69, 9.17) is 4.74 Å². The molecule has 0 aromatic rings. The van der Waals surface area contributed by atoms with E-state index >= 15 is 0 Å². The van der Waals surface area contributed by atoms with Gasteiger partial charge in [0.15, 0.2) is 0 Å². The van der Waals surface area contributed by atoms with Crippen LogP contribution in [0.15, 0.2) is 23.8 Å². The van der Waals surface area contributed by atoms with Crippen LogP contribution in [0, 0.1) is 23.2 Å². The van der Waals surface area contributed by atoms with Crippen molar-refractivity contribution in [3.05, 3.63) is 23.8 Å². The normalized spacial score (nSPS) is 33.4. The zero-order chi connectivity index (χ0) is 14.9. The van der Waals surface area contributed by atoms with Gasteiger partial charge in [-0.25, -0.2) is 0 Å². The van der Waals surface area contributed by atoms with E-state index < -0.39 is 5.41 Å². The highest BCUT2D eigenvalue weighted by Gasteiger charge is 2.40. The van der Waals surface area contributed by atoms with Gasteiger partial charge in [0, 0.05) is 5.92 Å². The molecule has 2 aliphatic rings. The topological polar surface area (TPSA) is 26.3 Å². The first-order chi connectivity index (χ1) is 9.34. The molecule has 0 heterocycles. The Labute approximate surface area is 123 Å². The smallest absolute Gasteiger partial charge is 0.311 e. The molecule has 0 saturated heterocycles. The maximum atomic E-state index is 12.2. The first-order valence-electron chi connectivity index (χ1n) is 7.94. The van der Waals surface area contributed by atoms with E-state index in [0.29, 0.717) is 17.8 Å². The van der Waals surface area contributed by atoms with Crippen LogP contribution in [0.4, 0.5) is 0 Å². The van der Waals surface area contributed by atoms with Gasteiger partial charge in [-0.15, -0.1) is 0 Å². The van der Waals surface area contributed by atoms with E-state index in [-0.39, 0.29) is 12.1 Å². The largest absolute Gasteiger partial charge is 0.461 e. The SMILES string of the molecule is CCC1C(C)C=CC2=CCCC(OC(=O)C(C)(C)C)C21. The number of ether oxygens (including phenoxy) is 1. The molecule has 0 bridgehead atoms. The van der Waals surface area contributed by atoms with Gasteiger partial charge < -0.3 is 4.74 Å². The summed E-state index contributed by atoms with van der Waals surface area (Å²) in [6.45, 7) is 10.3. The van der Waals surface area contributed by atoms with Crippen molar-refractivity contribution in [1.82, 2.24) is 0 Å². The molecule has 2 rings (SSSR count). The number of fused-ring (bicyclic) bond motifs is 1. The van der Waals surface area contributed by atoms with Gasteiger partial charge in [-0.3, -0.25) is 4.79 Å². The van der Waals surface area contributed by atoms with Crippen LogP contribution in [0.3, 0.4) is 0 Å². The van der Waals surface area contributed by atoms with Crippen LogP contribution in [0.25, 0.3) is 0 Å². The molecule has 20 heavy (non-hydrogen) atoms. The van der Waals surface area contributed by atoms with Crippen LogP contribution in [0.1, 0.15) is 53.9 Å². The fraction of sp³-hybridized carbons (Fsp3) is 0.722. The predicted molar refractivity (Wildman–Crippen MR) is 82.2 cm³/mol. The zero-order valence-corrected chi connectivity index (χ0v) is 13.5. The molecule has 2 nitrogen and oxygen atoms in total. The Morgan fingerprint density at radius 1 is 1.40 bits per heavy atom. The van der Waals surface area contributed by atoms with Crippen molar-refractivity contribution in [3.63, 3.8) is 0 Å². The fourth-order valence-corrected chi connectivity index (χ4v) is 3.45. The molecule has 0 aliphatic heterocycles. The summed E-state index contributed by atoms with van der Waals surface area (Å²) in [6, 6.07) is 0. The lowest BCUT2D eigenvalue weighted by Crippen LogP contribution is -2.40. The lowest BCUT2D eigenvalue weighted by Gasteiger charge is -2.41. The van der Waals surface area contributed by atoms with Crippen LogP contribution in [-0.4, -0.2) is 12.1 Å². The van der Waals surface area contributed by atoms with E-state index in [0.717, 1.165) is 19.3 Å². The summed E-state index contributed by atoms with van der Waals surface area (Å²) in [4.78, 5) is 12.2. The minimum atomic E-state index is -0.418. The number of hydrogen-bond donors (Lipinski definition) is 0. The van der Waals surface area contributed by atoms with E-state index in [1.165, 1.54) is 5.57 Å². The third-order valence-electron chi connectivity index (χ3n) is 4.69. The highest BCUT2D eigenvalue weighted by atomic mass is 16.5. The highest BCUT2D eigenvalue weighted by molar-refractivity contribution is 5.75. The molecular weight excluding hydrogens is 248 g/mol. The van der Waals surface area contributed by atoms with Gasteiger partial charge in [-0.05, 0) is 51.0 Å². The van der Waals surface area contributed by atoms with Crippen LogP contribution >= 0.6 is 0 Å². The number of rotatable bonds is 2. The van der Waals surface area contributed by atoms with E-state index in [1.54, 1.807) is 0 Å². The van der Waals surface area contributed by atoms with Crippen molar-refractivity contribution in [1.29, 1.82) is 0 Å². The molecule has 0 N–H and O–H groups in total. The lowest BCUT2D eigenvalue weighted by atomic mass is 9.67. The Kier molecular flexibility index (Phi) is 4.41. The highest BCUT2D eigenvalue weighted by Crippen LogP contribution is 2.43. The van der Waals surface area contributed by atoms with Crippen molar-refractivity contribution in [2.75, 3.05) is 0 Å². The molecule has 0 saturated carbocycles. The second-order valence-electron chi connectivity index (χ2n) is 7.29. The zero-order valence-electron chi connectivity index (χ0n) is 13.5. The third kappa shape index (κ3) is 2.99. The first-order valence-corrected chi connectivity index (χ1v) is 7.94. The Balaban J connectivity index is 2.21. The maximum Gasteiger partial charge on any atom is 0.311 e. The van der Waals surface area contributed by atoms with Crippen LogP contribution in [0.2, 0.25) is 0 Å². The van der Waals surface area contributed by atoms with Crippen molar-refractivity contribution in [2.45, 2.75) is 60.0 Å². The molecule has 112 valence electrons.